The van der Waals surface area contributed by atoms with Gasteiger partial charge in [0.25, 0.3) is 0 Å². The van der Waals surface area contributed by atoms with Gasteiger partial charge in [-0.3, -0.25) is 4.79 Å². The molecule has 4 rings (SSSR count). The molecular formula is C22H27N5O3S. The average Bonchev–Trinajstić information content (AvgIpc) is 3.11. The van der Waals surface area contributed by atoms with Crippen LogP contribution in [0.1, 0.15) is 44.7 Å². The second-order valence-corrected chi connectivity index (χ2v) is 10.4. The Morgan fingerprint density at radius 1 is 1.16 bits per heavy atom. The predicted molar refractivity (Wildman–Crippen MR) is 120 cm³/mol. The summed E-state index contributed by atoms with van der Waals surface area (Å²) in [5.74, 6) is 0.438. The van der Waals surface area contributed by atoms with E-state index < -0.39 is 9.84 Å². The minimum absolute atomic E-state index is 0.0668. The third-order valence-corrected chi connectivity index (χ3v) is 7.12. The highest BCUT2D eigenvalue weighted by atomic mass is 32.2. The number of carbonyl (C=O) groups excluding carboxylic acids is 1. The number of anilines is 2. The zero-order valence-electron chi connectivity index (χ0n) is 17.8. The molecule has 1 fully saturated rings. The molecule has 0 radical (unpaired) electrons. The number of nitrogens with one attached hydrogen (secondary N) is 2. The molecule has 0 saturated heterocycles. The Balaban J connectivity index is 1.72. The van der Waals surface area contributed by atoms with E-state index in [9.17, 15) is 13.2 Å². The van der Waals surface area contributed by atoms with Gasteiger partial charge in [0.1, 0.15) is 5.65 Å². The number of benzene rings is 1. The Labute approximate surface area is 182 Å². The summed E-state index contributed by atoms with van der Waals surface area (Å²) in [6.07, 6.45) is 9.37. The van der Waals surface area contributed by atoms with Crippen LogP contribution in [0, 0.1) is 0 Å². The van der Waals surface area contributed by atoms with Gasteiger partial charge in [-0.15, -0.1) is 0 Å². The first kappa shape index (κ1) is 21.3. The van der Waals surface area contributed by atoms with Crippen molar-refractivity contribution in [2.45, 2.75) is 56.0 Å². The summed E-state index contributed by atoms with van der Waals surface area (Å²) < 4.78 is 25.6. The topological polar surface area (TPSA) is 106 Å². The summed E-state index contributed by atoms with van der Waals surface area (Å²) in [5, 5.41) is 6.87. The minimum atomic E-state index is -3.24. The number of rotatable bonds is 7. The number of nitrogens with zero attached hydrogens (tertiary/aromatic N) is 3. The first-order valence-corrected chi connectivity index (χ1v) is 12.3. The van der Waals surface area contributed by atoms with Gasteiger partial charge < -0.3 is 15.2 Å². The molecule has 0 unspecified atom stereocenters. The van der Waals surface area contributed by atoms with Crippen molar-refractivity contribution < 1.29 is 13.2 Å². The number of hydrogen-bond donors (Lipinski definition) is 2. The van der Waals surface area contributed by atoms with E-state index in [1.54, 1.807) is 30.5 Å². The fraction of sp³-hybridized carbons (Fsp3) is 0.409. The molecule has 1 aliphatic rings. The Kier molecular flexibility index (Phi) is 5.70. The molecular weight excluding hydrogens is 414 g/mol. The van der Waals surface area contributed by atoms with Gasteiger partial charge in [-0.05, 0) is 50.1 Å². The monoisotopic (exact) mass is 441 g/mol. The molecule has 1 saturated carbocycles. The van der Waals surface area contributed by atoms with Crippen LogP contribution < -0.4 is 10.6 Å². The number of carbonyl (C=O) groups is 1. The highest BCUT2D eigenvalue weighted by molar-refractivity contribution is 7.90. The van der Waals surface area contributed by atoms with Crippen LogP contribution in [0.15, 0.2) is 41.4 Å². The molecule has 2 heterocycles. The van der Waals surface area contributed by atoms with Crippen LogP contribution in [-0.4, -0.2) is 35.6 Å². The van der Waals surface area contributed by atoms with Crippen molar-refractivity contribution in [1.29, 1.82) is 0 Å². The highest BCUT2D eigenvalue weighted by Crippen LogP contribution is 2.38. The van der Waals surface area contributed by atoms with Crippen LogP contribution in [0.5, 0.6) is 0 Å². The Bertz CT molecular complexity index is 1200. The number of fused-ring (bicyclic) bond motifs is 1. The maximum atomic E-state index is 11.7. The van der Waals surface area contributed by atoms with Gasteiger partial charge in [-0.2, -0.15) is 4.98 Å². The molecule has 3 aromatic rings. The van der Waals surface area contributed by atoms with Crippen LogP contribution in [0.25, 0.3) is 11.0 Å². The van der Waals surface area contributed by atoms with Crippen LogP contribution in [0.3, 0.4) is 0 Å². The normalized spacial score (nSPS) is 16.2. The van der Waals surface area contributed by atoms with Crippen molar-refractivity contribution in [2.75, 3.05) is 11.6 Å². The average molecular weight is 442 g/mol. The molecule has 8 nitrogen and oxygen atoms in total. The standard InChI is InChI=1S/C22H27N5O3S/c1-22(10-4-3-5-11-22)27-18(14-23-15-28)12-16-13-24-21(26-20(16)27)25-17-6-8-19(9-7-17)31(2,29)30/h6-9,12-13,15H,3-5,10-11,14H2,1-2H3,(H,23,28)(H,24,25,26). The lowest BCUT2D eigenvalue weighted by Gasteiger charge is -2.37. The molecule has 31 heavy (non-hydrogen) atoms. The van der Waals surface area contributed by atoms with Crippen molar-refractivity contribution in [3.63, 3.8) is 0 Å². The zero-order valence-corrected chi connectivity index (χ0v) is 18.6. The van der Waals surface area contributed by atoms with Gasteiger partial charge >= 0.3 is 0 Å². The van der Waals surface area contributed by atoms with Gasteiger partial charge in [-0.1, -0.05) is 19.3 Å². The predicted octanol–water partition coefficient (Wildman–Crippen LogP) is 3.50. The lowest BCUT2D eigenvalue weighted by atomic mass is 9.83. The molecule has 0 atom stereocenters. The van der Waals surface area contributed by atoms with Gasteiger partial charge in [0.2, 0.25) is 12.4 Å². The Hall–Kier alpha value is -2.94. The van der Waals surface area contributed by atoms with Crippen molar-refractivity contribution in [1.82, 2.24) is 19.9 Å². The van der Waals surface area contributed by atoms with Crippen LogP contribution >= 0.6 is 0 Å². The molecule has 0 aliphatic heterocycles. The Morgan fingerprint density at radius 3 is 2.52 bits per heavy atom. The minimum Gasteiger partial charge on any atom is -0.353 e. The SMILES string of the molecule is CC1(n2c(CNC=O)cc3cnc(Nc4ccc(S(C)(=O)=O)cc4)nc32)CCCCC1. The fourth-order valence-electron chi connectivity index (χ4n) is 4.43. The van der Waals surface area contributed by atoms with E-state index in [1.165, 1.54) is 25.5 Å². The smallest absolute Gasteiger partial charge is 0.229 e. The Morgan fingerprint density at radius 2 is 1.87 bits per heavy atom. The summed E-state index contributed by atoms with van der Waals surface area (Å²) >= 11 is 0. The van der Waals surface area contributed by atoms with E-state index in [4.69, 9.17) is 4.98 Å². The molecule has 0 bridgehead atoms. The van der Waals surface area contributed by atoms with Crippen molar-refractivity contribution in [3.8, 4) is 0 Å². The number of aromatic nitrogens is 3. The molecule has 2 aromatic heterocycles. The van der Waals surface area contributed by atoms with Crippen molar-refractivity contribution in [2.24, 2.45) is 0 Å². The van der Waals surface area contributed by atoms with Crippen molar-refractivity contribution >= 4 is 38.9 Å². The van der Waals surface area contributed by atoms with E-state index in [2.05, 4.69) is 27.1 Å². The maximum Gasteiger partial charge on any atom is 0.229 e. The summed E-state index contributed by atoms with van der Waals surface area (Å²) in [6.45, 7) is 2.69. The maximum absolute atomic E-state index is 11.7. The second-order valence-electron chi connectivity index (χ2n) is 8.42. The fourth-order valence-corrected chi connectivity index (χ4v) is 5.06. The lowest BCUT2D eigenvalue weighted by Crippen LogP contribution is -2.34. The molecule has 164 valence electrons. The van der Waals surface area contributed by atoms with E-state index in [0.29, 0.717) is 24.6 Å². The van der Waals surface area contributed by atoms with E-state index >= 15 is 0 Å². The van der Waals surface area contributed by atoms with E-state index in [1.807, 2.05) is 6.07 Å². The largest absolute Gasteiger partial charge is 0.353 e. The lowest BCUT2D eigenvalue weighted by molar-refractivity contribution is -0.109. The van der Waals surface area contributed by atoms with Crippen LogP contribution in [0.4, 0.5) is 11.6 Å². The van der Waals surface area contributed by atoms with E-state index in [0.717, 1.165) is 29.6 Å². The van der Waals surface area contributed by atoms with Gasteiger partial charge in [0.15, 0.2) is 9.84 Å². The molecule has 1 aromatic carbocycles. The summed E-state index contributed by atoms with van der Waals surface area (Å²) in [5.41, 5.74) is 2.48. The highest BCUT2D eigenvalue weighted by Gasteiger charge is 2.32. The molecule has 9 heteroatoms. The summed E-state index contributed by atoms with van der Waals surface area (Å²) in [7, 11) is -3.24. The second kappa shape index (κ2) is 8.30. The third-order valence-electron chi connectivity index (χ3n) is 5.99. The zero-order chi connectivity index (χ0) is 22.1. The molecule has 1 aliphatic carbocycles. The van der Waals surface area contributed by atoms with E-state index in [-0.39, 0.29) is 10.4 Å². The van der Waals surface area contributed by atoms with Crippen molar-refractivity contribution in [3.05, 3.63) is 42.2 Å². The third kappa shape index (κ3) is 4.41. The first-order chi connectivity index (χ1) is 14.8. The number of amides is 1. The molecule has 2 N–H and O–H groups in total. The van der Waals surface area contributed by atoms with Gasteiger partial charge in [0.05, 0.1) is 11.4 Å². The molecule has 1 amide bonds. The van der Waals surface area contributed by atoms with Gasteiger partial charge in [0, 0.05) is 34.8 Å². The number of hydrogen-bond acceptors (Lipinski definition) is 6. The quantitative estimate of drug-likeness (QED) is 0.544. The van der Waals surface area contributed by atoms with Crippen LogP contribution in [0.2, 0.25) is 0 Å². The summed E-state index contributed by atoms with van der Waals surface area (Å²) in [4.78, 5) is 20.4. The molecule has 0 spiro atoms. The first-order valence-electron chi connectivity index (χ1n) is 10.4. The van der Waals surface area contributed by atoms with Crippen LogP contribution in [-0.2, 0) is 26.7 Å². The summed E-state index contributed by atoms with van der Waals surface area (Å²) in [6, 6.07) is 8.56. The van der Waals surface area contributed by atoms with Gasteiger partial charge in [-0.25, -0.2) is 13.4 Å². The number of sulfone groups is 1.